The van der Waals surface area contributed by atoms with Crippen molar-refractivity contribution in [2.75, 3.05) is 5.32 Å². The standard InChI is InChI=1S/C12H8Cl2N4O3/c1-6-4-7(2-3-8(6)18(20)21)12(19)17-9-10(13)15-5-16-11(9)14/h2-5H,1H3,(H,17,19). The van der Waals surface area contributed by atoms with Crippen LogP contribution in [0, 0.1) is 17.0 Å². The van der Waals surface area contributed by atoms with E-state index in [0.29, 0.717) is 5.56 Å². The smallest absolute Gasteiger partial charge is 0.272 e. The number of nitrogens with zero attached hydrogens (tertiary/aromatic N) is 3. The van der Waals surface area contributed by atoms with Gasteiger partial charge >= 0.3 is 0 Å². The Kier molecular flexibility index (Phi) is 4.35. The molecule has 21 heavy (non-hydrogen) atoms. The average Bonchev–Trinajstić information content (AvgIpc) is 2.42. The van der Waals surface area contributed by atoms with Crippen molar-refractivity contribution >= 4 is 40.5 Å². The summed E-state index contributed by atoms with van der Waals surface area (Å²) in [5, 5.41) is 13.2. The van der Waals surface area contributed by atoms with Crippen molar-refractivity contribution in [1.82, 2.24) is 9.97 Å². The molecule has 0 bridgehead atoms. The maximum absolute atomic E-state index is 12.1. The van der Waals surface area contributed by atoms with Gasteiger partial charge in [-0.25, -0.2) is 9.97 Å². The van der Waals surface area contributed by atoms with E-state index in [1.807, 2.05) is 0 Å². The van der Waals surface area contributed by atoms with Crippen LogP contribution in [0.2, 0.25) is 10.3 Å². The van der Waals surface area contributed by atoms with Gasteiger partial charge in [-0.2, -0.15) is 0 Å². The quantitative estimate of drug-likeness (QED) is 0.530. The van der Waals surface area contributed by atoms with Gasteiger partial charge in [0.05, 0.1) is 4.92 Å². The van der Waals surface area contributed by atoms with Crippen molar-refractivity contribution in [3.63, 3.8) is 0 Å². The molecule has 1 heterocycles. The summed E-state index contributed by atoms with van der Waals surface area (Å²) in [7, 11) is 0. The number of carbonyl (C=O) groups excluding carboxylic acids is 1. The first-order chi connectivity index (χ1) is 9.90. The predicted molar refractivity (Wildman–Crippen MR) is 77.8 cm³/mol. The molecule has 0 aliphatic rings. The van der Waals surface area contributed by atoms with Crippen LogP contribution in [0.4, 0.5) is 11.4 Å². The summed E-state index contributed by atoms with van der Waals surface area (Å²) in [6.07, 6.45) is 1.16. The van der Waals surface area contributed by atoms with E-state index in [9.17, 15) is 14.9 Å². The van der Waals surface area contributed by atoms with Crippen LogP contribution in [-0.4, -0.2) is 20.8 Å². The van der Waals surface area contributed by atoms with Gasteiger partial charge in [0.25, 0.3) is 11.6 Å². The maximum atomic E-state index is 12.1. The van der Waals surface area contributed by atoms with Crippen molar-refractivity contribution in [2.45, 2.75) is 6.92 Å². The van der Waals surface area contributed by atoms with Crippen molar-refractivity contribution in [3.05, 3.63) is 56.1 Å². The molecule has 9 heteroatoms. The highest BCUT2D eigenvalue weighted by atomic mass is 35.5. The summed E-state index contributed by atoms with van der Waals surface area (Å²) in [6.45, 7) is 1.54. The zero-order chi connectivity index (χ0) is 15.6. The van der Waals surface area contributed by atoms with Gasteiger partial charge in [-0.05, 0) is 19.1 Å². The van der Waals surface area contributed by atoms with Crippen LogP contribution in [0.3, 0.4) is 0 Å². The number of nitro benzene ring substituents is 1. The molecule has 0 aliphatic carbocycles. The maximum Gasteiger partial charge on any atom is 0.272 e. The molecule has 1 N–H and O–H groups in total. The minimum atomic E-state index is -0.522. The van der Waals surface area contributed by atoms with E-state index in [-0.39, 0.29) is 27.2 Å². The number of hydrogen-bond acceptors (Lipinski definition) is 5. The number of nitro groups is 1. The fraction of sp³-hybridized carbons (Fsp3) is 0.0833. The molecule has 0 unspecified atom stereocenters. The van der Waals surface area contributed by atoms with E-state index in [1.165, 1.54) is 18.2 Å². The molecule has 7 nitrogen and oxygen atoms in total. The third kappa shape index (κ3) is 3.26. The van der Waals surface area contributed by atoms with Crippen LogP contribution in [-0.2, 0) is 0 Å². The Bertz CT molecular complexity index is 716. The largest absolute Gasteiger partial charge is 0.317 e. The second kappa shape index (κ2) is 6.02. The van der Waals surface area contributed by atoms with Crippen LogP contribution in [0.1, 0.15) is 15.9 Å². The molecule has 0 saturated heterocycles. The van der Waals surface area contributed by atoms with E-state index in [1.54, 1.807) is 6.92 Å². The van der Waals surface area contributed by atoms with Crippen molar-refractivity contribution in [1.29, 1.82) is 0 Å². The Morgan fingerprint density at radius 3 is 2.43 bits per heavy atom. The van der Waals surface area contributed by atoms with E-state index in [2.05, 4.69) is 15.3 Å². The van der Waals surface area contributed by atoms with Gasteiger partial charge in [0.15, 0.2) is 10.3 Å². The molecule has 0 spiro atoms. The molecule has 2 rings (SSSR count). The van der Waals surface area contributed by atoms with E-state index < -0.39 is 10.8 Å². The fourth-order valence-corrected chi connectivity index (χ4v) is 2.04. The number of nitrogens with one attached hydrogen (secondary N) is 1. The highest BCUT2D eigenvalue weighted by Crippen LogP contribution is 2.26. The highest BCUT2D eigenvalue weighted by Gasteiger charge is 2.16. The first-order valence-electron chi connectivity index (χ1n) is 5.62. The lowest BCUT2D eigenvalue weighted by Gasteiger charge is -2.08. The minimum Gasteiger partial charge on any atom is -0.317 e. The van der Waals surface area contributed by atoms with Gasteiger partial charge < -0.3 is 5.32 Å². The van der Waals surface area contributed by atoms with Crippen LogP contribution in [0.25, 0.3) is 0 Å². The zero-order valence-electron chi connectivity index (χ0n) is 10.6. The number of halogens is 2. The molecule has 0 aliphatic heterocycles. The molecule has 0 fully saturated rings. The topological polar surface area (TPSA) is 98.0 Å². The third-order valence-corrected chi connectivity index (χ3v) is 3.22. The second-order valence-electron chi connectivity index (χ2n) is 4.04. The molecule has 1 aromatic carbocycles. The van der Waals surface area contributed by atoms with Gasteiger partial charge in [-0.15, -0.1) is 0 Å². The number of anilines is 1. The lowest BCUT2D eigenvalue weighted by atomic mass is 10.1. The van der Waals surface area contributed by atoms with Crippen LogP contribution < -0.4 is 5.32 Å². The monoisotopic (exact) mass is 326 g/mol. The van der Waals surface area contributed by atoms with E-state index >= 15 is 0 Å². The molecule has 1 amide bonds. The number of benzene rings is 1. The second-order valence-corrected chi connectivity index (χ2v) is 4.76. The van der Waals surface area contributed by atoms with Gasteiger partial charge in [-0.1, -0.05) is 23.2 Å². The molecule has 1 aromatic heterocycles. The van der Waals surface area contributed by atoms with Crippen LogP contribution >= 0.6 is 23.2 Å². The van der Waals surface area contributed by atoms with Gasteiger partial charge in [-0.3, -0.25) is 14.9 Å². The highest BCUT2D eigenvalue weighted by molar-refractivity contribution is 6.38. The van der Waals surface area contributed by atoms with Crippen molar-refractivity contribution in [2.24, 2.45) is 0 Å². The molecule has 108 valence electrons. The molecule has 0 atom stereocenters. The molecule has 2 aromatic rings. The van der Waals surface area contributed by atoms with E-state index in [4.69, 9.17) is 23.2 Å². The first-order valence-corrected chi connectivity index (χ1v) is 6.38. The van der Waals surface area contributed by atoms with Gasteiger partial charge in [0.2, 0.25) is 0 Å². The number of rotatable bonds is 3. The van der Waals surface area contributed by atoms with Crippen molar-refractivity contribution in [3.8, 4) is 0 Å². The third-order valence-electron chi connectivity index (χ3n) is 2.65. The molecule has 0 radical (unpaired) electrons. The minimum absolute atomic E-state index is 0.00184. The van der Waals surface area contributed by atoms with Gasteiger partial charge in [0, 0.05) is 17.2 Å². The SMILES string of the molecule is Cc1cc(C(=O)Nc2c(Cl)ncnc2Cl)ccc1[N+](=O)[O-]. The Hall–Kier alpha value is -2.25. The summed E-state index contributed by atoms with van der Waals surface area (Å²) >= 11 is 11.6. The Balaban J connectivity index is 2.29. The number of aryl methyl sites for hydroxylation is 1. The van der Waals surface area contributed by atoms with E-state index in [0.717, 1.165) is 6.33 Å². The first kappa shape index (κ1) is 15.1. The molecule has 0 saturated carbocycles. The summed E-state index contributed by atoms with van der Waals surface area (Å²) in [4.78, 5) is 29.7. The number of aromatic nitrogens is 2. The van der Waals surface area contributed by atoms with Crippen LogP contribution in [0.15, 0.2) is 24.5 Å². The lowest BCUT2D eigenvalue weighted by Crippen LogP contribution is -2.13. The number of amides is 1. The lowest BCUT2D eigenvalue weighted by molar-refractivity contribution is -0.385. The Labute approximate surface area is 129 Å². The normalized spacial score (nSPS) is 10.2. The summed E-state index contributed by atoms with van der Waals surface area (Å²) < 4.78 is 0. The molecular weight excluding hydrogens is 319 g/mol. The predicted octanol–water partition coefficient (Wildman–Crippen LogP) is 3.25. The summed E-state index contributed by atoms with van der Waals surface area (Å²) in [5.41, 5.74) is 0.621. The fourth-order valence-electron chi connectivity index (χ4n) is 1.63. The number of carbonyl (C=O) groups is 1. The van der Waals surface area contributed by atoms with Crippen LogP contribution in [0.5, 0.6) is 0 Å². The number of hydrogen-bond donors (Lipinski definition) is 1. The summed E-state index contributed by atoms with van der Waals surface area (Å²) in [5.74, 6) is -0.522. The Morgan fingerprint density at radius 1 is 1.29 bits per heavy atom. The molecular formula is C12H8Cl2N4O3. The van der Waals surface area contributed by atoms with Gasteiger partial charge in [0.1, 0.15) is 12.0 Å². The Morgan fingerprint density at radius 2 is 1.90 bits per heavy atom. The zero-order valence-corrected chi connectivity index (χ0v) is 12.1. The van der Waals surface area contributed by atoms with Crippen molar-refractivity contribution < 1.29 is 9.72 Å². The average molecular weight is 327 g/mol. The summed E-state index contributed by atoms with van der Waals surface area (Å²) in [6, 6.07) is 4.00.